The fraction of sp³-hybridized carbons (Fsp3) is 0.387. The lowest BCUT2D eigenvalue weighted by molar-refractivity contribution is -0.152. The van der Waals surface area contributed by atoms with Crippen LogP contribution in [0.5, 0.6) is 0 Å². The molecule has 0 radical (unpaired) electrons. The highest BCUT2D eigenvalue weighted by Gasteiger charge is 2.41. The standard InChI is InChI=1S/C31H32F4N4O3.2ClH/c1-20-3-2-14-39(20)19-23-17-27(36-18-26(23)21-4-8-24(9-5-21)31(33,34)35)37-28(40)22-6-10-25(11-7-22)38-15-12-30(32,13-16-38)29(41)42;;/h4-11,17-18,20H,2-3,12-16,19H2,1H3,(H,41,42)(H,36,37,40);2*1H/t20-;;/m1../s1. The van der Waals surface area contributed by atoms with Gasteiger partial charge in [0, 0.05) is 61.5 Å². The van der Waals surface area contributed by atoms with Crippen LogP contribution in [0.2, 0.25) is 0 Å². The second kappa shape index (κ2) is 14.1. The average Bonchev–Trinajstić information content (AvgIpc) is 3.37. The molecular formula is C31H34Cl2F4N4O3. The van der Waals surface area contributed by atoms with E-state index in [0.29, 0.717) is 35.1 Å². The topological polar surface area (TPSA) is 85.8 Å². The number of piperidine rings is 1. The maximum atomic E-state index is 14.4. The second-order valence-corrected chi connectivity index (χ2v) is 11.0. The molecule has 2 N–H and O–H groups in total. The van der Waals surface area contributed by atoms with E-state index in [4.69, 9.17) is 5.11 Å². The van der Waals surface area contributed by atoms with Crippen LogP contribution in [-0.4, -0.2) is 58.2 Å². The van der Waals surface area contributed by atoms with Crippen molar-refractivity contribution in [3.8, 4) is 11.1 Å². The van der Waals surface area contributed by atoms with Crippen molar-refractivity contribution < 1.29 is 32.3 Å². The van der Waals surface area contributed by atoms with Gasteiger partial charge < -0.3 is 15.3 Å². The Labute approximate surface area is 265 Å². The molecule has 44 heavy (non-hydrogen) atoms. The van der Waals surface area contributed by atoms with Gasteiger partial charge in [-0.05, 0) is 79.9 Å². The van der Waals surface area contributed by atoms with Gasteiger partial charge in [-0.1, -0.05) is 12.1 Å². The molecule has 2 aromatic carbocycles. The number of likely N-dealkylation sites (tertiary alicyclic amines) is 1. The molecule has 1 atom stereocenters. The largest absolute Gasteiger partial charge is 0.479 e. The normalized spacial score (nSPS) is 18.2. The van der Waals surface area contributed by atoms with Gasteiger partial charge in [0.25, 0.3) is 5.91 Å². The Morgan fingerprint density at radius 3 is 2.20 bits per heavy atom. The Morgan fingerprint density at radius 2 is 1.66 bits per heavy atom. The van der Waals surface area contributed by atoms with Gasteiger partial charge in [0.15, 0.2) is 0 Å². The Kier molecular flexibility index (Phi) is 11.3. The summed E-state index contributed by atoms with van der Waals surface area (Å²) in [6, 6.07) is 13.9. The monoisotopic (exact) mass is 656 g/mol. The van der Waals surface area contributed by atoms with Crippen LogP contribution in [0, 0.1) is 0 Å². The molecule has 0 saturated carbocycles. The number of aromatic nitrogens is 1. The summed E-state index contributed by atoms with van der Waals surface area (Å²) in [6.45, 7) is 4.12. The molecule has 2 aliphatic rings. The first-order chi connectivity index (χ1) is 19.9. The minimum Gasteiger partial charge on any atom is -0.479 e. The second-order valence-electron chi connectivity index (χ2n) is 11.0. The molecule has 238 valence electrons. The van der Waals surface area contributed by atoms with Crippen molar-refractivity contribution in [1.82, 2.24) is 9.88 Å². The molecule has 3 heterocycles. The van der Waals surface area contributed by atoms with Gasteiger partial charge in [-0.15, -0.1) is 24.8 Å². The SMILES string of the molecule is C[C@@H]1CCCN1Cc1cc(NC(=O)c2ccc(N3CCC(F)(C(=O)O)CC3)cc2)ncc1-c1ccc(C(F)(F)F)cc1.Cl.Cl. The van der Waals surface area contributed by atoms with Crippen LogP contribution in [0.3, 0.4) is 0 Å². The van der Waals surface area contributed by atoms with Crippen molar-refractivity contribution in [2.45, 2.75) is 57.0 Å². The molecule has 13 heteroatoms. The third kappa shape index (κ3) is 7.80. The number of benzene rings is 2. The highest BCUT2D eigenvalue weighted by molar-refractivity contribution is 6.04. The number of amides is 1. The van der Waals surface area contributed by atoms with Crippen LogP contribution in [0.1, 0.15) is 54.1 Å². The number of halogens is 6. The van der Waals surface area contributed by atoms with Gasteiger partial charge in [0.1, 0.15) is 5.82 Å². The summed E-state index contributed by atoms with van der Waals surface area (Å²) >= 11 is 0. The third-order valence-corrected chi connectivity index (χ3v) is 8.25. The highest BCUT2D eigenvalue weighted by atomic mass is 35.5. The maximum Gasteiger partial charge on any atom is 0.416 e. The lowest BCUT2D eigenvalue weighted by Crippen LogP contribution is -2.46. The number of nitrogens with one attached hydrogen (secondary N) is 1. The van der Waals surface area contributed by atoms with Gasteiger partial charge in [0.2, 0.25) is 5.67 Å². The first-order valence-corrected chi connectivity index (χ1v) is 13.9. The minimum absolute atomic E-state index is 0. The molecule has 5 rings (SSSR count). The zero-order valence-electron chi connectivity index (χ0n) is 23.9. The Morgan fingerprint density at radius 1 is 1.02 bits per heavy atom. The maximum absolute atomic E-state index is 14.4. The highest BCUT2D eigenvalue weighted by Crippen LogP contribution is 2.34. The molecule has 1 aromatic heterocycles. The van der Waals surface area contributed by atoms with Crippen LogP contribution in [0.4, 0.5) is 29.1 Å². The lowest BCUT2D eigenvalue weighted by atomic mass is 9.93. The predicted molar refractivity (Wildman–Crippen MR) is 166 cm³/mol. The van der Waals surface area contributed by atoms with Crippen LogP contribution in [0.25, 0.3) is 11.1 Å². The van der Waals surface area contributed by atoms with Crippen LogP contribution in [0.15, 0.2) is 60.8 Å². The van der Waals surface area contributed by atoms with E-state index in [1.54, 1.807) is 36.5 Å². The van der Waals surface area contributed by atoms with E-state index < -0.39 is 23.4 Å². The minimum atomic E-state index is -4.43. The summed E-state index contributed by atoms with van der Waals surface area (Å²) in [5.74, 6) is -1.50. The molecular weight excluding hydrogens is 623 g/mol. The van der Waals surface area contributed by atoms with E-state index >= 15 is 0 Å². The summed E-state index contributed by atoms with van der Waals surface area (Å²) in [6.07, 6.45) is -0.950. The van der Waals surface area contributed by atoms with E-state index in [1.165, 1.54) is 12.1 Å². The smallest absolute Gasteiger partial charge is 0.416 e. The Balaban J connectivity index is 0.00000264. The van der Waals surface area contributed by atoms with Crippen molar-refractivity contribution in [2.24, 2.45) is 0 Å². The number of rotatable bonds is 7. The van der Waals surface area contributed by atoms with E-state index in [0.717, 1.165) is 42.8 Å². The lowest BCUT2D eigenvalue weighted by Gasteiger charge is -2.35. The third-order valence-electron chi connectivity index (χ3n) is 8.25. The first-order valence-electron chi connectivity index (χ1n) is 13.9. The molecule has 7 nitrogen and oxygen atoms in total. The van der Waals surface area contributed by atoms with Gasteiger partial charge in [-0.3, -0.25) is 9.69 Å². The summed E-state index contributed by atoms with van der Waals surface area (Å²) in [5.41, 5.74) is 0.365. The number of pyridine rings is 1. The predicted octanol–water partition coefficient (Wildman–Crippen LogP) is 7.24. The van der Waals surface area contributed by atoms with Crippen LogP contribution in [-0.2, 0) is 17.5 Å². The number of nitrogens with zero attached hydrogens (tertiary/aromatic N) is 3. The van der Waals surface area contributed by atoms with Gasteiger partial charge in [-0.25, -0.2) is 14.2 Å². The zero-order chi connectivity index (χ0) is 30.1. The Bertz CT molecular complexity index is 1450. The fourth-order valence-corrected chi connectivity index (χ4v) is 5.59. The van der Waals surface area contributed by atoms with Crippen molar-refractivity contribution in [3.63, 3.8) is 0 Å². The Hall–Kier alpha value is -3.41. The molecule has 2 aliphatic heterocycles. The molecule has 0 spiro atoms. The van der Waals surface area contributed by atoms with E-state index in [9.17, 15) is 27.2 Å². The molecule has 0 bridgehead atoms. The number of carboxylic acid groups (broad SMARTS) is 1. The number of carbonyl (C=O) groups excluding carboxylic acids is 1. The van der Waals surface area contributed by atoms with Crippen LogP contribution >= 0.6 is 24.8 Å². The number of alkyl halides is 4. The number of hydrogen-bond donors (Lipinski definition) is 2. The van der Waals surface area contributed by atoms with E-state index in [1.807, 2.05) is 4.90 Å². The average molecular weight is 658 g/mol. The quantitative estimate of drug-likeness (QED) is 0.261. The molecule has 0 unspecified atom stereocenters. The molecule has 2 fully saturated rings. The fourth-order valence-electron chi connectivity index (χ4n) is 5.59. The molecule has 2 saturated heterocycles. The summed E-state index contributed by atoms with van der Waals surface area (Å²) in [7, 11) is 0. The zero-order valence-corrected chi connectivity index (χ0v) is 25.6. The van der Waals surface area contributed by atoms with Crippen molar-refractivity contribution >= 4 is 48.2 Å². The van der Waals surface area contributed by atoms with Gasteiger partial charge in [0.05, 0.1) is 5.56 Å². The number of carboxylic acids is 1. The van der Waals surface area contributed by atoms with E-state index in [2.05, 4.69) is 22.1 Å². The summed E-state index contributed by atoms with van der Waals surface area (Å²) in [4.78, 5) is 32.8. The molecule has 0 aliphatic carbocycles. The molecule has 3 aromatic rings. The van der Waals surface area contributed by atoms with Gasteiger partial charge >= 0.3 is 12.1 Å². The molecule has 1 amide bonds. The van der Waals surface area contributed by atoms with Crippen molar-refractivity contribution in [1.29, 1.82) is 0 Å². The van der Waals surface area contributed by atoms with Crippen molar-refractivity contribution in [3.05, 3.63) is 77.5 Å². The summed E-state index contributed by atoms with van der Waals surface area (Å²) < 4.78 is 53.7. The number of aliphatic carboxylic acids is 1. The van der Waals surface area contributed by atoms with Crippen LogP contribution < -0.4 is 10.2 Å². The number of anilines is 2. The number of carbonyl (C=O) groups is 2. The number of hydrogen-bond acceptors (Lipinski definition) is 5. The summed E-state index contributed by atoms with van der Waals surface area (Å²) in [5, 5.41) is 11.9. The van der Waals surface area contributed by atoms with E-state index in [-0.39, 0.29) is 56.7 Å². The van der Waals surface area contributed by atoms with Gasteiger partial charge in [-0.2, -0.15) is 13.2 Å². The van der Waals surface area contributed by atoms with Crippen molar-refractivity contribution in [2.75, 3.05) is 29.9 Å². The first kappa shape index (κ1) is 35.1.